The second-order valence-electron chi connectivity index (χ2n) is 5.90. The van der Waals surface area contributed by atoms with Gasteiger partial charge in [0.1, 0.15) is 5.36 Å². The molecule has 0 fully saturated rings. The molecule has 3 aromatic rings. The molecule has 2 heterocycles. The lowest BCUT2D eigenvalue weighted by atomic mass is 10.2. The zero-order valence-corrected chi connectivity index (χ0v) is 16.3. The van der Waals surface area contributed by atoms with E-state index < -0.39 is 5.91 Å². The molecule has 1 aromatic carbocycles. The summed E-state index contributed by atoms with van der Waals surface area (Å²) in [5.74, 6) is -0.769. The Balaban J connectivity index is 1.79. The maximum absolute atomic E-state index is 12.5. The van der Waals surface area contributed by atoms with Crippen molar-refractivity contribution in [3.63, 3.8) is 0 Å². The maximum atomic E-state index is 12.5. The highest BCUT2D eigenvalue weighted by molar-refractivity contribution is 6.34. The summed E-state index contributed by atoms with van der Waals surface area (Å²) in [4.78, 5) is 16.3. The number of benzene rings is 1. The molecule has 0 aliphatic rings. The number of halogens is 2. The average Bonchev–Trinajstić information content (AvgIpc) is 2.67. The van der Waals surface area contributed by atoms with Crippen molar-refractivity contribution in [2.75, 3.05) is 6.61 Å². The molecule has 2 N–H and O–H groups in total. The van der Waals surface area contributed by atoms with Crippen LogP contribution in [0.4, 0.5) is 0 Å². The minimum absolute atomic E-state index is 0.00301. The van der Waals surface area contributed by atoms with Crippen LogP contribution in [0.5, 0.6) is 11.5 Å². The summed E-state index contributed by atoms with van der Waals surface area (Å²) in [6.07, 6.45) is 3.96. The summed E-state index contributed by atoms with van der Waals surface area (Å²) < 4.78 is 6.89. The van der Waals surface area contributed by atoms with E-state index in [2.05, 4.69) is 4.99 Å². The highest BCUT2D eigenvalue weighted by Gasteiger charge is 2.12. The molecule has 0 aliphatic heterocycles. The SMILES string of the molecule is O=C(N=c1c(Cl)cn(O)cc1Cl)c1ccc(O)c(OCCc2cccc[n+]2[O-])c1. The lowest BCUT2D eigenvalue weighted by molar-refractivity contribution is -0.614. The summed E-state index contributed by atoms with van der Waals surface area (Å²) in [5, 5.41) is 31.0. The van der Waals surface area contributed by atoms with E-state index >= 15 is 0 Å². The number of hydrogen-bond donors (Lipinski definition) is 2. The molecule has 0 radical (unpaired) electrons. The van der Waals surface area contributed by atoms with Gasteiger partial charge in [0.05, 0.1) is 35.5 Å². The molecule has 10 heteroatoms. The predicted molar refractivity (Wildman–Crippen MR) is 104 cm³/mol. The molecule has 8 nitrogen and oxygen atoms in total. The number of nitrogens with zero attached hydrogens (tertiary/aromatic N) is 3. The first-order valence-electron chi connectivity index (χ1n) is 8.33. The zero-order valence-electron chi connectivity index (χ0n) is 14.8. The van der Waals surface area contributed by atoms with Crippen LogP contribution in [0.2, 0.25) is 10.0 Å². The zero-order chi connectivity index (χ0) is 21.0. The predicted octanol–water partition coefficient (Wildman–Crippen LogP) is 2.73. The van der Waals surface area contributed by atoms with Gasteiger partial charge in [-0.15, -0.1) is 0 Å². The van der Waals surface area contributed by atoms with Gasteiger partial charge in [-0.2, -0.15) is 9.46 Å². The lowest BCUT2D eigenvalue weighted by Crippen LogP contribution is -2.31. The average molecular weight is 436 g/mol. The molecule has 1 amide bonds. The van der Waals surface area contributed by atoms with Gasteiger partial charge in [0.2, 0.25) is 0 Å². The first kappa shape index (κ1) is 20.5. The van der Waals surface area contributed by atoms with E-state index in [-0.39, 0.29) is 39.1 Å². The van der Waals surface area contributed by atoms with Crippen molar-refractivity contribution in [2.24, 2.45) is 4.99 Å². The molecule has 0 saturated carbocycles. The second-order valence-corrected chi connectivity index (χ2v) is 6.71. The second kappa shape index (κ2) is 8.85. The van der Waals surface area contributed by atoms with Crippen molar-refractivity contribution in [1.82, 2.24) is 4.73 Å². The number of amides is 1. The molecular formula is C19H15Cl2N3O5. The van der Waals surface area contributed by atoms with E-state index in [0.29, 0.717) is 16.8 Å². The number of ether oxygens (including phenoxy) is 1. The Hall–Kier alpha value is -3.23. The Morgan fingerprint density at radius 3 is 2.62 bits per heavy atom. The van der Waals surface area contributed by atoms with Crippen LogP contribution in [0, 0.1) is 5.21 Å². The number of phenols is 1. The smallest absolute Gasteiger partial charge is 0.277 e. The maximum Gasteiger partial charge on any atom is 0.277 e. The van der Waals surface area contributed by atoms with Crippen LogP contribution < -0.4 is 14.8 Å². The van der Waals surface area contributed by atoms with Crippen LogP contribution in [-0.2, 0) is 6.42 Å². The quantitative estimate of drug-likeness (QED) is 0.363. The van der Waals surface area contributed by atoms with Gasteiger partial charge in [0, 0.05) is 17.7 Å². The topological polar surface area (TPSA) is 111 Å². The number of aromatic hydroxyl groups is 1. The van der Waals surface area contributed by atoms with Crippen LogP contribution in [-0.4, -0.2) is 27.6 Å². The van der Waals surface area contributed by atoms with E-state index in [1.54, 1.807) is 18.2 Å². The molecule has 0 aliphatic carbocycles. The first-order valence-corrected chi connectivity index (χ1v) is 9.09. The Morgan fingerprint density at radius 1 is 1.21 bits per heavy atom. The minimum atomic E-state index is -0.671. The molecule has 2 aromatic heterocycles. The molecule has 0 unspecified atom stereocenters. The number of aromatic nitrogens is 2. The summed E-state index contributed by atoms with van der Waals surface area (Å²) in [7, 11) is 0. The van der Waals surface area contributed by atoms with Gasteiger partial charge in [0.15, 0.2) is 23.4 Å². The third-order valence-electron chi connectivity index (χ3n) is 3.88. The van der Waals surface area contributed by atoms with Crippen molar-refractivity contribution in [3.8, 4) is 11.5 Å². The number of rotatable bonds is 5. The lowest BCUT2D eigenvalue weighted by Gasteiger charge is -2.09. The summed E-state index contributed by atoms with van der Waals surface area (Å²) in [6, 6.07) is 9.01. The van der Waals surface area contributed by atoms with E-state index in [1.165, 1.54) is 24.4 Å². The van der Waals surface area contributed by atoms with Crippen molar-refractivity contribution < 1.29 is 24.6 Å². The fraction of sp³-hybridized carbons (Fsp3) is 0.105. The fourth-order valence-corrected chi connectivity index (χ4v) is 3.00. The van der Waals surface area contributed by atoms with Crippen LogP contribution in [0.1, 0.15) is 16.1 Å². The van der Waals surface area contributed by atoms with Gasteiger partial charge in [-0.3, -0.25) is 4.79 Å². The van der Waals surface area contributed by atoms with E-state index in [4.69, 9.17) is 27.9 Å². The molecular weight excluding hydrogens is 421 g/mol. The number of phenolic OH excluding ortho intramolecular Hbond substituents is 1. The highest BCUT2D eigenvalue weighted by atomic mass is 35.5. The fourth-order valence-electron chi connectivity index (χ4n) is 2.46. The van der Waals surface area contributed by atoms with Gasteiger partial charge < -0.3 is 20.3 Å². The van der Waals surface area contributed by atoms with Crippen molar-refractivity contribution >= 4 is 29.1 Å². The van der Waals surface area contributed by atoms with E-state index in [9.17, 15) is 20.3 Å². The van der Waals surface area contributed by atoms with Crippen LogP contribution in [0.15, 0.2) is 60.0 Å². The monoisotopic (exact) mass is 435 g/mol. The third kappa shape index (κ3) is 4.98. The van der Waals surface area contributed by atoms with Crippen LogP contribution in [0.3, 0.4) is 0 Å². The molecule has 0 saturated heterocycles. The molecule has 150 valence electrons. The van der Waals surface area contributed by atoms with E-state index in [0.717, 1.165) is 17.1 Å². The van der Waals surface area contributed by atoms with Gasteiger partial charge >= 0.3 is 0 Å². The van der Waals surface area contributed by atoms with Gasteiger partial charge in [-0.25, -0.2) is 4.99 Å². The van der Waals surface area contributed by atoms with Crippen molar-refractivity contribution in [1.29, 1.82) is 0 Å². The Bertz CT molecular complexity index is 1100. The molecule has 3 rings (SSSR count). The molecule has 29 heavy (non-hydrogen) atoms. The Morgan fingerprint density at radius 2 is 1.93 bits per heavy atom. The van der Waals surface area contributed by atoms with Gasteiger partial charge in [-0.1, -0.05) is 29.3 Å². The Kier molecular flexibility index (Phi) is 6.26. The minimum Gasteiger partial charge on any atom is -0.619 e. The summed E-state index contributed by atoms with van der Waals surface area (Å²) in [5.41, 5.74) is 0.632. The van der Waals surface area contributed by atoms with Crippen LogP contribution in [0.25, 0.3) is 0 Å². The normalized spacial score (nSPS) is 10.6. The van der Waals surface area contributed by atoms with E-state index in [1.807, 2.05) is 0 Å². The number of hydrogen-bond acceptors (Lipinski definition) is 5. The third-order valence-corrected chi connectivity index (χ3v) is 4.44. The largest absolute Gasteiger partial charge is 0.619 e. The molecule has 0 atom stereocenters. The number of carbonyl (C=O) groups is 1. The summed E-state index contributed by atoms with van der Waals surface area (Å²) in [6.45, 7) is 0.113. The highest BCUT2D eigenvalue weighted by Crippen LogP contribution is 2.27. The van der Waals surface area contributed by atoms with Crippen molar-refractivity contribution in [2.45, 2.75) is 6.42 Å². The summed E-state index contributed by atoms with van der Waals surface area (Å²) >= 11 is 11.9. The molecule has 0 spiro atoms. The van der Waals surface area contributed by atoms with Crippen molar-refractivity contribution in [3.05, 3.63) is 86.9 Å². The van der Waals surface area contributed by atoms with Gasteiger partial charge in [-0.05, 0) is 18.2 Å². The first-order chi connectivity index (χ1) is 13.8. The standard InChI is InChI=1S/C19H15Cl2N3O5/c20-14-10-23(27)11-15(21)18(14)22-19(26)12-4-5-16(25)17(9-12)29-8-6-13-3-1-2-7-24(13)28/h1-5,7,9-11,25,27H,6,8H2. The van der Waals surface area contributed by atoms with Crippen LogP contribution >= 0.6 is 23.2 Å². The number of pyridine rings is 2. The molecule has 0 bridgehead atoms. The van der Waals surface area contributed by atoms with Gasteiger partial charge in [0.25, 0.3) is 5.91 Å². The Labute approximate surface area is 175 Å². The number of carbonyl (C=O) groups excluding carboxylic acids is 1.